The van der Waals surface area contributed by atoms with Gasteiger partial charge < -0.3 is 9.47 Å². The Bertz CT molecular complexity index is 505. The van der Waals surface area contributed by atoms with E-state index in [1.807, 2.05) is 0 Å². The van der Waals surface area contributed by atoms with Crippen LogP contribution in [0.2, 0.25) is 0 Å². The maximum Gasteiger partial charge on any atom is 0.573 e. The van der Waals surface area contributed by atoms with Crippen molar-refractivity contribution in [3.63, 3.8) is 0 Å². The fraction of sp³-hybridized carbons (Fsp3) is 0.533. The topological polar surface area (TPSA) is 35.5 Å². The molecule has 1 fully saturated rings. The molecule has 6 heteroatoms. The van der Waals surface area contributed by atoms with Crippen LogP contribution in [0.1, 0.15) is 44.6 Å². The van der Waals surface area contributed by atoms with Crippen LogP contribution >= 0.6 is 0 Å². The third-order valence-corrected chi connectivity index (χ3v) is 3.59. The molecule has 0 bridgehead atoms. The summed E-state index contributed by atoms with van der Waals surface area (Å²) in [5.74, 6) is -0.726. The standard InChI is InChI=1S/C15H17F3O3/c1-11(19)20-14(8-3-2-4-9-14)12-6-5-7-13(10-12)21-15(16,17)18/h5-7,10H,2-4,8-9H2,1H3. The van der Waals surface area contributed by atoms with Crippen LogP contribution < -0.4 is 4.74 Å². The van der Waals surface area contributed by atoms with Gasteiger partial charge in [0.15, 0.2) is 0 Å². The molecule has 2 rings (SSSR count). The maximum atomic E-state index is 12.3. The molecule has 0 spiro atoms. The fourth-order valence-electron chi connectivity index (χ4n) is 2.82. The Kier molecular flexibility index (Phi) is 4.44. The molecule has 1 aromatic carbocycles. The number of rotatable bonds is 3. The van der Waals surface area contributed by atoms with Gasteiger partial charge in [0.1, 0.15) is 11.4 Å². The molecule has 1 aromatic rings. The average molecular weight is 302 g/mol. The van der Waals surface area contributed by atoms with Gasteiger partial charge in [-0.15, -0.1) is 13.2 Å². The summed E-state index contributed by atoms with van der Waals surface area (Å²) in [7, 11) is 0. The number of carbonyl (C=O) groups is 1. The smallest absolute Gasteiger partial charge is 0.454 e. The highest BCUT2D eigenvalue weighted by atomic mass is 19.4. The number of hydrogen-bond acceptors (Lipinski definition) is 3. The minimum absolute atomic E-state index is 0.294. The monoisotopic (exact) mass is 302 g/mol. The van der Waals surface area contributed by atoms with Crippen molar-refractivity contribution >= 4 is 5.97 Å². The molecule has 0 N–H and O–H groups in total. The van der Waals surface area contributed by atoms with Crippen molar-refractivity contribution < 1.29 is 27.4 Å². The Morgan fingerprint density at radius 2 is 1.86 bits per heavy atom. The largest absolute Gasteiger partial charge is 0.573 e. The van der Waals surface area contributed by atoms with Crippen molar-refractivity contribution in [1.29, 1.82) is 0 Å². The summed E-state index contributed by atoms with van der Waals surface area (Å²) < 4.78 is 46.4. The zero-order valence-electron chi connectivity index (χ0n) is 11.7. The van der Waals surface area contributed by atoms with E-state index >= 15 is 0 Å². The Morgan fingerprint density at radius 1 is 1.19 bits per heavy atom. The highest BCUT2D eigenvalue weighted by Gasteiger charge is 2.38. The number of esters is 1. The van der Waals surface area contributed by atoms with Crippen LogP contribution in [0, 0.1) is 0 Å². The van der Waals surface area contributed by atoms with Gasteiger partial charge in [-0.25, -0.2) is 0 Å². The predicted octanol–water partition coefficient (Wildman–Crippen LogP) is 4.31. The molecule has 0 saturated heterocycles. The molecule has 21 heavy (non-hydrogen) atoms. The molecule has 0 atom stereocenters. The lowest BCUT2D eigenvalue weighted by Crippen LogP contribution is -2.34. The summed E-state index contributed by atoms with van der Waals surface area (Å²) in [5.41, 5.74) is -0.283. The highest BCUT2D eigenvalue weighted by molar-refractivity contribution is 5.67. The summed E-state index contributed by atoms with van der Waals surface area (Å²) in [6.07, 6.45) is -0.735. The van der Waals surface area contributed by atoms with E-state index in [0.717, 1.165) is 19.3 Å². The fourth-order valence-corrected chi connectivity index (χ4v) is 2.82. The Balaban J connectivity index is 2.31. The minimum atomic E-state index is -4.74. The first kappa shape index (κ1) is 15.7. The van der Waals surface area contributed by atoms with Gasteiger partial charge in [-0.1, -0.05) is 18.6 Å². The summed E-state index contributed by atoms with van der Waals surface area (Å²) in [4.78, 5) is 11.4. The van der Waals surface area contributed by atoms with Crippen LogP contribution in [-0.4, -0.2) is 12.3 Å². The van der Waals surface area contributed by atoms with Crippen molar-refractivity contribution in [3.8, 4) is 5.75 Å². The number of halogens is 3. The summed E-state index contributed by atoms with van der Waals surface area (Å²) in [5, 5.41) is 0. The van der Waals surface area contributed by atoms with Gasteiger partial charge in [-0.3, -0.25) is 4.79 Å². The van der Waals surface area contributed by atoms with E-state index in [4.69, 9.17) is 4.74 Å². The third-order valence-electron chi connectivity index (χ3n) is 3.59. The second kappa shape index (κ2) is 5.95. The Hall–Kier alpha value is -1.72. The van der Waals surface area contributed by atoms with Crippen LogP contribution in [0.4, 0.5) is 13.2 Å². The lowest BCUT2D eigenvalue weighted by Gasteiger charge is -2.37. The van der Waals surface area contributed by atoms with Gasteiger partial charge in [-0.05, 0) is 43.4 Å². The molecule has 0 amide bonds. The third kappa shape index (κ3) is 4.12. The lowest BCUT2D eigenvalue weighted by atomic mass is 9.79. The second-order valence-corrected chi connectivity index (χ2v) is 5.22. The molecule has 0 aromatic heterocycles. The predicted molar refractivity (Wildman–Crippen MR) is 69.7 cm³/mol. The van der Waals surface area contributed by atoms with Crippen LogP contribution in [0.25, 0.3) is 0 Å². The molecule has 1 aliphatic rings. The zero-order chi connectivity index (χ0) is 15.5. The highest BCUT2D eigenvalue weighted by Crippen LogP contribution is 2.42. The van der Waals surface area contributed by atoms with Crippen LogP contribution in [0.3, 0.4) is 0 Å². The first-order valence-electron chi connectivity index (χ1n) is 6.87. The molecule has 1 saturated carbocycles. The van der Waals surface area contributed by atoms with Gasteiger partial charge >= 0.3 is 12.3 Å². The molecule has 116 valence electrons. The van der Waals surface area contributed by atoms with Crippen molar-refractivity contribution in [3.05, 3.63) is 29.8 Å². The van der Waals surface area contributed by atoms with Crippen LogP contribution in [0.5, 0.6) is 5.75 Å². The van der Waals surface area contributed by atoms with Crippen molar-refractivity contribution in [2.45, 2.75) is 51.0 Å². The van der Waals surface area contributed by atoms with Crippen molar-refractivity contribution in [2.75, 3.05) is 0 Å². The van der Waals surface area contributed by atoms with E-state index in [1.54, 1.807) is 6.07 Å². The first-order chi connectivity index (χ1) is 9.81. The van der Waals surface area contributed by atoms with E-state index < -0.39 is 17.9 Å². The molecule has 0 unspecified atom stereocenters. The van der Waals surface area contributed by atoms with E-state index in [-0.39, 0.29) is 5.75 Å². The molecule has 1 aliphatic carbocycles. The van der Waals surface area contributed by atoms with E-state index in [0.29, 0.717) is 18.4 Å². The van der Waals surface area contributed by atoms with Crippen LogP contribution in [-0.2, 0) is 15.1 Å². The number of hydrogen-bond donors (Lipinski definition) is 0. The molecule has 0 aliphatic heterocycles. The SMILES string of the molecule is CC(=O)OC1(c2cccc(OC(F)(F)F)c2)CCCCC1. The Labute approximate surface area is 121 Å². The maximum absolute atomic E-state index is 12.3. The summed E-state index contributed by atoms with van der Waals surface area (Å²) >= 11 is 0. The van der Waals surface area contributed by atoms with Crippen molar-refractivity contribution in [2.24, 2.45) is 0 Å². The van der Waals surface area contributed by atoms with Gasteiger partial charge in [-0.2, -0.15) is 0 Å². The number of benzene rings is 1. The molecule has 3 nitrogen and oxygen atoms in total. The average Bonchev–Trinajstić information content (AvgIpc) is 2.37. The van der Waals surface area contributed by atoms with Crippen LogP contribution in [0.15, 0.2) is 24.3 Å². The first-order valence-corrected chi connectivity index (χ1v) is 6.87. The van der Waals surface area contributed by atoms with E-state index in [9.17, 15) is 18.0 Å². The number of carbonyl (C=O) groups excluding carboxylic acids is 1. The molecule has 0 radical (unpaired) electrons. The molecular formula is C15H17F3O3. The molecular weight excluding hydrogens is 285 g/mol. The van der Waals surface area contributed by atoms with Gasteiger partial charge in [0.25, 0.3) is 0 Å². The zero-order valence-corrected chi connectivity index (χ0v) is 11.7. The van der Waals surface area contributed by atoms with Gasteiger partial charge in [0.05, 0.1) is 0 Å². The molecule has 0 heterocycles. The minimum Gasteiger partial charge on any atom is -0.454 e. The van der Waals surface area contributed by atoms with Gasteiger partial charge in [0, 0.05) is 6.92 Å². The second-order valence-electron chi connectivity index (χ2n) is 5.22. The summed E-state index contributed by atoms with van der Waals surface area (Å²) in [6, 6.07) is 5.71. The van der Waals surface area contributed by atoms with E-state index in [1.165, 1.54) is 25.1 Å². The van der Waals surface area contributed by atoms with Gasteiger partial charge in [0.2, 0.25) is 0 Å². The van der Waals surface area contributed by atoms with Crippen molar-refractivity contribution in [1.82, 2.24) is 0 Å². The normalized spacial score (nSPS) is 18.1. The number of alkyl halides is 3. The Morgan fingerprint density at radius 3 is 2.43 bits per heavy atom. The number of ether oxygens (including phenoxy) is 2. The van der Waals surface area contributed by atoms with E-state index in [2.05, 4.69) is 4.74 Å². The summed E-state index contributed by atoms with van der Waals surface area (Å²) in [6.45, 7) is 1.31. The lowest BCUT2D eigenvalue weighted by molar-refractivity contribution is -0.274. The quantitative estimate of drug-likeness (QED) is 0.781.